The van der Waals surface area contributed by atoms with Crippen molar-refractivity contribution in [2.24, 2.45) is 5.92 Å². The molecule has 0 saturated heterocycles. The second-order valence-electron chi connectivity index (χ2n) is 4.66. The average Bonchev–Trinajstić information content (AvgIpc) is 2.46. The lowest BCUT2D eigenvalue weighted by molar-refractivity contribution is -0.143. The second kappa shape index (κ2) is 7.95. The Morgan fingerprint density at radius 2 is 2.05 bits per heavy atom. The molecule has 1 aliphatic carbocycles. The van der Waals surface area contributed by atoms with Crippen molar-refractivity contribution in [1.29, 1.82) is 0 Å². The van der Waals surface area contributed by atoms with E-state index in [-0.39, 0.29) is 0 Å². The van der Waals surface area contributed by atoms with Crippen LogP contribution >= 0.6 is 22.6 Å². The molecule has 9 heteroatoms. The van der Waals surface area contributed by atoms with Gasteiger partial charge in [-0.15, -0.1) is 0 Å². The number of alkyl halides is 1. The molecule has 124 valence electrons. The fraction of sp³-hybridized carbons (Fsp3) is 0.538. The first-order valence-electron chi connectivity index (χ1n) is 6.71. The van der Waals surface area contributed by atoms with Gasteiger partial charge < -0.3 is 10.1 Å². The van der Waals surface area contributed by atoms with Gasteiger partial charge >= 0.3 is 12.0 Å². The van der Waals surface area contributed by atoms with Crippen molar-refractivity contribution in [2.75, 3.05) is 13.7 Å². The molecule has 2 unspecified atom stereocenters. The summed E-state index contributed by atoms with van der Waals surface area (Å²) < 4.78 is 30.0. The summed E-state index contributed by atoms with van der Waals surface area (Å²) in [6.45, 7) is 2.33. The molecule has 1 rings (SSSR count). The van der Waals surface area contributed by atoms with Gasteiger partial charge in [-0.3, -0.25) is 4.79 Å². The topological polar surface area (TPSA) is 102 Å². The van der Waals surface area contributed by atoms with Crippen molar-refractivity contribution in [2.45, 2.75) is 22.5 Å². The monoisotopic (exact) mass is 442 g/mol. The number of halogens is 1. The summed E-state index contributed by atoms with van der Waals surface area (Å²) in [5.74, 6) is -1.73. The first kappa shape index (κ1) is 18.9. The minimum atomic E-state index is -4.14. The quantitative estimate of drug-likeness (QED) is 0.281. The third-order valence-electron chi connectivity index (χ3n) is 3.07. The number of carbonyl (C=O) groups is 2. The SMILES string of the molecule is CCCCNC(=O)NS(=O)(=O)C1(I)C=CC=CC1C(=O)OC. The molecule has 0 aromatic carbocycles. The normalized spacial score (nSPS) is 23.9. The van der Waals surface area contributed by atoms with Crippen LogP contribution in [0.5, 0.6) is 0 Å². The summed E-state index contributed by atoms with van der Waals surface area (Å²) >= 11 is 1.64. The van der Waals surface area contributed by atoms with Gasteiger partial charge in [-0.2, -0.15) is 0 Å². The summed E-state index contributed by atoms with van der Waals surface area (Å²) in [6, 6.07) is -0.809. The molecule has 2 atom stereocenters. The van der Waals surface area contributed by atoms with Crippen LogP contribution in [0.2, 0.25) is 0 Å². The Morgan fingerprint density at radius 3 is 2.64 bits per heavy atom. The predicted molar refractivity (Wildman–Crippen MR) is 90.9 cm³/mol. The van der Waals surface area contributed by atoms with Crippen molar-refractivity contribution in [3.8, 4) is 0 Å². The Balaban J connectivity index is 2.93. The Morgan fingerprint density at radius 1 is 1.36 bits per heavy atom. The Bertz CT molecular complexity index is 587. The lowest BCUT2D eigenvalue weighted by atomic mass is 10.0. The first-order valence-corrected chi connectivity index (χ1v) is 9.27. The maximum Gasteiger partial charge on any atom is 0.328 e. The second-order valence-corrected chi connectivity index (χ2v) is 9.06. The molecule has 2 amide bonds. The number of amides is 2. The number of hydrogen-bond donors (Lipinski definition) is 2. The van der Waals surface area contributed by atoms with Crippen LogP contribution in [0.15, 0.2) is 24.3 Å². The molecule has 7 nitrogen and oxygen atoms in total. The highest BCUT2D eigenvalue weighted by atomic mass is 127. The number of esters is 1. The van der Waals surface area contributed by atoms with Crippen molar-refractivity contribution in [3.05, 3.63) is 24.3 Å². The van der Waals surface area contributed by atoms with E-state index in [0.29, 0.717) is 6.54 Å². The Kier molecular flexibility index (Phi) is 6.85. The summed E-state index contributed by atoms with van der Waals surface area (Å²) in [4.78, 5) is 23.5. The van der Waals surface area contributed by atoms with Crippen LogP contribution in [0.25, 0.3) is 0 Å². The van der Waals surface area contributed by atoms with E-state index in [1.165, 1.54) is 25.3 Å². The van der Waals surface area contributed by atoms with Crippen LogP contribution in [0, 0.1) is 5.92 Å². The first-order chi connectivity index (χ1) is 10.3. The van der Waals surface area contributed by atoms with Gasteiger partial charge in [0.1, 0.15) is 5.92 Å². The van der Waals surface area contributed by atoms with Gasteiger partial charge in [0.25, 0.3) is 10.0 Å². The van der Waals surface area contributed by atoms with E-state index in [4.69, 9.17) is 0 Å². The zero-order valence-electron chi connectivity index (χ0n) is 12.3. The number of hydrogen-bond acceptors (Lipinski definition) is 5. The number of ether oxygens (including phenoxy) is 1. The highest BCUT2D eigenvalue weighted by Crippen LogP contribution is 2.39. The third kappa shape index (κ3) is 4.22. The third-order valence-corrected chi connectivity index (χ3v) is 7.51. The van der Waals surface area contributed by atoms with Gasteiger partial charge in [0.15, 0.2) is 2.75 Å². The maximum absolute atomic E-state index is 12.5. The lowest BCUT2D eigenvalue weighted by Crippen LogP contribution is -2.52. The Labute approximate surface area is 143 Å². The fourth-order valence-electron chi connectivity index (χ4n) is 1.83. The zero-order valence-corrected chi connectivity index (χ0v) is 15.3. The number of urea groups is 1. The van der Waals surface area contributed by atoms with Crippen LogP contribution in [0.4, 0.5) is 4.79 Å². The number of methoxy groups -OCH3 is 1. The molecule has 0 bridgehead atoms. The molecule has 0 aliphatic heterocycles. The predicted octanol–water partition coefficient (Wildman–Crippen LogP) is 1.46. The van der Waals surface area contributed by atoms with Gasteiger partial charge in [0.05, 0.1) is 7.11 Å². The number of carbonyl (C=O) groups excluding carboxylic acids is 2. The van der Waals surface area contributed by atoms with E-state index >= 15 is 0 Å². The highest BCUT2D eigenvalue weighted by molar-refractivity contribution is 14.1. The molecule has 0 fully saturated rings. The van der Waals surface area contributed by atoms with Crippen molar-refractivity contribution >= 4 is 44.6 Å². The molecule has 22 heavy (non-hydrogen) atoms. The summed E-state index contributed by atoms with van der Waals surface area (Å²) in [6.07, 6.45) is 7.50. The van der Waals surface area contributed by atoms with Crippen LogP contribution < -0.4 is 10.0 Å². The van der Waals surface area contributed by atoms with Gasteiger partial charge in [0, 0.05) is 6.54 Å². The smallest absolute Gasteiger partial charge is 0.328 e. The average molecular weight is 442 g/mol. The minimum Gasteiger partial charge on any atom is -0.468 e. The van der Waals surface area contributed by atoms with Crippen molar-refractivity contribution in [3.63, 3.8) is 0 Å². The van der Waals surface area contributed by atoms with E-state index in [1.54, 1.807) is 28.7 Å². The lowest BCUT2D eigenvalue weighted by Gasteiger charge is -2.30. The largest absolute Gasteiger partial charge is 0.468 e. The highest BCUT2D eigenvalue weighted by Gasteiger charge is 2.50. The standard InChI is InChI=1S/C13H19IN2O5S/c1-3-4-9-15-12(18)16-22(19,20)13(14)8-6-5-7-10(13)11(17)21-2/h5-8,10H,3-4,9H2,1-2H3,(H2,15,16,18). The molecule has 0 heterocycles. The van der Waals surface area contributed by atoms with Crippen LogP contribution in [-0.4, -0.2) is 36.8 Å². The fourth-order valence-corrected chi connectivity index (χ4v) is 4.07. The number of rotatable bonds is 6. The van der Waals surface area contributed by atoms with E-state index < -0.39 is 30.7 Å². The van der Waals surface area contributed by atoms with E-state index in [9.17, 15) is 18.0 Å². The summed E-state index contributed by atoms with van der Waals surface area (Å²) in [7, 11) is -2.95. The molecule has 1 aliphatic rings. The summed E-state index contributed by atoms with van der Waals surface area (Å²) in [5.41, 5.74) is 0. The summed E-state index contributed by atoms with van der Waals surface area (Å²) in [5, 5.41) is 2.46. The molecule has 0 spiro atoms. The van der Waals surface area contributed by atoms with E-state index in [2.05, 4.69) is 10.1 Å². The maximum atomic E-state index is 12.5. The van der Waals surface area contributed by atoms with E-state index in [0.717, 1.165) is 12.8 Å². The number of sulfonamides is 1. The van der Waals surface area contributed by atoms with Gasteiger partial charge in [-0.1, -0.05) is 60.2 Å². The molecule has 0 aromatic heterocycles. The molecule has 2 N–H and O–H groups in total. The van der Waals surface area contributed by atoms with Crippen LogP contribution in [-0.2, 0) is 19.6 Å². The molecule has 0 radical (unpaired) electrons. The van der Waals surface area contributed by atoms with Crippen molar-refractivity contribution in [1.82, 2.24) is 10.0 Å². The number of unbranched alkanes of at least 4 members (excludes halogenated alkanes) is 1. The van der Waals surface area contributed by atoms with Crippen molar-refractivity contribution < 1.29 is 22.7 Å². The molecular weight excluding hydrogens is 423 g/mol. The van der Waals surface area contributed by atoms with Crippen LogP contribution in [0.3, 0.4) is 0 Å². The molecule has 0 saturated carbocycles. The number of allylic oxidation sites excluding steroid dienone is 2. The number of nitrogens with one attached hydrogen (secondary N) is 2. The van der Waals surface area contributed by atoms with Gasteiger partial charge in [-0.05, 0) is 6.42 Å². The molecular formula is C13H19IN2O5S. The van der Waals surface area contributed by atoms with Gasteiger partial charge in [0.2, 0.25) is 0 Å². The Hall–Kier alpha value is -1.10. The molecule has 0 aromatic rings. The van der Waals surface area contributed by atoms with Crippen LogP contribution in [0.1, 0.15) is 19.8 Å². The van der Waals surface area contributed by atoms with Gasteiger partial charge in [-0.25, -0.2) is 17.9 Å². The zero-order chi connectivity index (χ0) is 16.8. The van der Waals surface area contributed by atoms with E-state index in [1.807, 2.05) is 11.6 Å². The minimum absolute atomic E-state index is 0.377.